The Kier molecular flexibility index (Phi) is 4.75. The van der Waals surface area contributed by atoms with Gasteiger partial charge in [0.25, 0.3) is 5.69 Å². The lowest BCUT2D eigenvalue weighted by Gasteiger charge is -2.44. The van der Waals surface area contributed by atoms with Crippen LogP contribution < -0.4 is 5.32 Å². The molecule has 2 unspecified atom stereocenters. The van der Waals surface area contributed by atoms with Crippen molar-refractivity contribution in [2.45, 2.75) is 18.9 Å². The van der Waals surface area contributed by atoms with Gasteiger partial charge in [-0.25, -0.2) is 4.79 Å². The molecule has 0 saturated carbocycles. The van der Waals surface area contributed by atoms with Gasteiger partial charge in [0.05, 0.1) is 22.8 Å². The van der Waals surface area contributed by atoms with E-state index in [2.05, 4.69) is 16.8 Å². The highest BCUT2D eigenvalue weighted by Gasteiger charge is 2.48. The lowest BCUT2D eigenvalue weighted by atomic mass is 9.78. The van der Waals surface area contributed by atoms with Crippen LogP contribution in [-0.4, -0.2) is 28.9 Å². The molecule has 2 atom stereocenters. The highest BCUT2D eigenvalue weighted by molar-refractivity contribution is 5.88. The standard InChI is InChI=1S/C15H16N2O6/c1-3-15(2)12(14(19)16-15)9-22-23-13(18)8-10-4-6-11(7-5-10)17(20)21/h3-7,12H,1,8-9H2,2H3,(H,16,19). The normalized spacial score (nSPS) is 22.7. The molecule has 0 radical (unpaired) electrons. The Morgan fingerprint density at radius 1 is 1.48 bits per heavy atom. The first-order chi connectivity index (χ1) is 10.9. The molecular formula is C15H16N2O6. The van der Waals surface area contributed by atoms with Crippen molar-refractivity contribution < 1.29 is 24.3 Å². The largest absolute Gasteiger partial charge is 0.346 e. The van der Waals surface area contributed by atoms with Crippen LogP contribution in [0, 0.1) is 16.0 Å². The van der Waals surface area contributed by atoms with E-state index in [4.69, 9.17) is 4.89 Å². The molecule has 8 nitrogen and oxygen atoms in total. The Morgan fingerprint density at radius 2 is 2.13 bits per heavy atom. The fraction of sp³-hybridized carbons (Fsp3) is 0.333. The smallest absolute Gasteiger partial charge is 0.346 e. The Morgan fingerprint density at radius 3 is 2.65 bits per heavy atom. The third kappa shape index (κ3) is 3.72. The molecule has 8 heteroatoms. The van der Waals surface area contributed by atoms with Gasteiger partial charge in [0.1, 0.15) is 6.61 Å². The van der Waals surface area contributed by atoms with E-state index >= 15 is 0 Å². The van der Waals surface area contributed by atoms with Crippen LogP contribution in [0.15, 0.2) is 36.9 Å². The quantitative estimate of drug-likeness (QED) is 0.267. The van der Waals surface area contributed by atoms with Crippen molar-refractivity contribution in [1.82, 2.24) is 5.32 Å². The molecule has 23 heavy (non-hydrogen) atoms. The maximum Gasteiger partial charge on any atom is 0.346 e. The van der Waals surface area contributed by atoms with Gasteiger partial charge in [0.2, 0.25) is 5.91 Å². The average molecular weight is 320 g/mol. The number of carbonyl (C=O) groups is 2. The van der Waals surface area contributed by atoms with Crippen molar-refractivity contribution in [2.24, 2.45) is 5.92 Å². The number of benzene rings is 1. The molecule has 1 aromatic rings. The maximum absolute atomic E-state index is 11.6. The van der Waals surface area contributed by atoms with Crippen LogP contribution in [0.5, 0.6) is 0 Å². The molecule has 0 spiro atoms. The zero-order valence-electron chi connectivity index (χ0n) is 12.5. The molecule has 1 aliphatic heterocycles. The molecule has 0 bridgehead atoms. The number of amides is 1. The number of hydrogen-bond acceptors (Lipinski definition) is 6. The number of nitro benzene ring substituents is 1. The van der Waals surface area contributed by atoms with Gasteiger partial charge in [-0.15, -0.1) is 6.58 Å². The predicted molar refractivity (Wildman–Crippen MR) is 79.1 cm³/mol. The molecule has 122 valence electrons. The Bertz CT molecular complexity index is 642. The number of non-ortho nitro benzene ring substituents is 1. The minimum absolute atomic E-state index is 0.0573. The van der Waals surface area contributed by atoms with Crippen molar-refractivity contribution in [2.75, 3.05) is 6.61 Å². The Balaban J connectivity index is 1.78. The summed E-state index contributed by atoms with van der Waals surface area (Å²) in [6.45, 7) is 5.35. The summed E-state index contributed by atoms with van der Waals surface area (Å²) in [4.78, 5) is 42.5. The summed E-state index contributed by atoms with van der Waals surface area (Å²) < 4.78 is 0. The summed E-state index contributed by atoms with van der Waals surface area (Å²) in [5.74, 6) is -1.31. The van der Waals surface area contributed by atoms with Crippen LogP contribution in [0.1, 0.15) is 12.5 Å². The summed E-state index contributed by atoms with van der Waals surface area (Å²) >= 11 is 0. The first kappa shape index (κ1) is 16.6. The molecule has 1 saturated heterocycles. The fourth-order valence-electron chi connectivity index (χ4n) is 2.18. The molecule has 1 fully saturated rings. The highest BCUT2D eigenvalue weighted by Crippen LogP contribution is 2.28. The SMILES string of the molecule is C=CC1(C)NC(=O)C1COOC(=O)Cc1ccc([N+](=O)[O-])cc1. The van der Waals surface area contributed by atoms with E-state index in [1.807, 2.05) is 0 Å². The predicted octanol–water partition coefficient (Wildman–Crippen LogP) is 1.30. The van der Waals surface area contributed by atoms with Crippen LogP contribution in [0.2, 0.25) is 0 Å². The number of hydrogen-bond donors (Lipinski definition) is 1. The van der Waals surface area contributed by atoms with Crippen LogP contribution in [-0.2, 0) is 25.8 Å². The number of nitrogens with one attached hydrogen (secondary N) is 1. The van der Waals surface area contributed by atoms with Gasteiger partial charge < -0.3 is 5.32 Å². The second kappa shape index (κ2) is 6.57. The van der Waals surface area contributed by atoms with Gasteiger partial charge in [0.15, 0.2) is 0 Å². The van der Waals surface area contributed by atoms with Gasteiger partial charge in [-0.3, -0.25) is 19.8 Å². The molecule has 2 rings (SSSR count). The van der Waals surface area contributed by atoms with Crippen molar-refractivity contribution in [1.29, 1.82) is 0 Å². The number of nitrogens with zero attached hydrogens (tertiary/aromatic N) is 1. The summed E-state index contributed by atoms with van der Waals surface area (Å²) in [5.41, 5.74) is -0.0680. The van der Waals surface area contributed by atoms with Crippen LogP contribution >= 0.6 is 0 Å². The lowest BCUT2D eigenvalue weighted by molar-refractivity contribution is -0.384. The van der Waals surface area contributed by atoms with Crippen molar-refractivity contribution in [3.8, 4) is 0 Å². The van der Waals surface area contributed by atoms with E-state index in [9.17, 15) is 19.7 Å². The molecule has 1 aliphatic rings. The summed E-state index contributed by atoms with van der Waals surface area (Å²) in [7, 11) is 0. The second-order valence-electron chi connectivity index (χ2n) is 5.37. The van der Waals surface area contributed by atoms with Crippen molar-refractivity contribution >= 4 is 17.6 Å². The zero-order valence-corrected chi connectivity index (χ0v) is 12.5. The topological polar surface area (TPSA) is 108 Å². The molecular weight excluding hydrogens is 304 g/mol. The van der Waals surface area contributed by atoms with E-state index < -0.39 is 22.3 Å². The van der Waals surface area contributed by atoms with E-state index in [-0.39, 0.29) is 24.6 Å². The lowest BCUT2D eigenvalue weighted by Crippen LogP contribution is -2.67. The first-order valence-corrected chi connectivity index (χ1v) is 6.87. The van der Waals surface area contributed by atoms with E-state index in [0.717, 1.165) is 0 Å². The van der Waals surface area contributed by atoms with Crippen LogP contribution in [0.25, 0.3) is 0 Å². The minimum Gasteiger partial charge on any atom is -0.346 e. The third-order valence-electron chi connectivity index (χ3n) is 3.74. The Hall–Kier alpha value is -2.74. The zero-order chi connectivity index (χ0) is 17.0. The highest BCUT2D eigenvalue weighted by atomic mass is 17.2. The molecule has 1 heterocycles. The first-order valence-electron chi connectivity index (χ1n) is 6.87. The van der Waals surface area contributed by atoms with E-state index in [1.54, 1.807) is 13.0 Å². The van der Waals surface area contributed by atoms with Gasteiger partial charge in [0, 0.05) is 12.1 Å². The molecule has 0 aliphatic carbocycles. The van der Waals surface area contributed by atoms with Gasteiger partial charge in [-0.1, -0.05) is 18.2 Å². The summed E-state index contributed by atoms with van der Waals surface area (Å²) in [6.07, 6.45) is 1.51. The third-order valence-corrected chi connectivity index (χ3v) is 3.74. The maximum atomic E-state index is 11.6. The van der Waals surface area contributed by atoms with Crippen LogP contribution in [0.4, 0.5) is 5.69 Å². The van der Waals surface area contributed by atoms with Crippen molar-refractivity contribution in [3.05, 3.63) is 52.6 Å². The second-order valence-corrected chi connectivity index (χ2v) is 5.37. The number of rotatable bonds is 7. The minimum atomic E-state index is -0.654. The monoisotopic (exact) mass is 320 g/mol. The van der Waals surface area contributed by atoms with E-state index in [0.29, 0.717) is 5.56 Å². The molecule has 0 aromatic heterocycles. The number of carbonyl (C=O) groups excluding carboxylic acids is 2. The number of nitro groups is 1. The van der Waals surface area contributed by atoms with E-state index in [1.165, 1.54) is 24.3 Å². The molecule has 1 amide bonds. The number of β-lactam (4-membered cyclic amide) rings is 1. The Labute approximate surface area is 132 Å². The van der Waals surface area contributed by atoms with Crippen LogP contribution in [0.3, 0.4) is 0 Å². The van der Waals surface area contributed by atoms with Gasteiger partial charge >= 0.3 is 5.97 Å². The summed E-state index contributed by atoms with van der Waals surface area (Å²) in [6, 6.07) is 5.54. The summed E-state index contributed by atoms with van der Waals surface area (Å²) in [5, 5.41) is 13.2. The van der Waals surface area contributed by atoms with Crippen molar-refractivity contribution in [3.63, 3.8) is 0 Å². The van der Waals surface area contributed by atoms with Gasteiger partial charge in [-0.2, -0.15) is 4.89 Å². The average Bonchev–Trinajstić information content (AvgIpc) is 2.51. The van der Waals surface area contributed by atoms with Gasteiger partial charge in [-0.05, 0) is 12.5 Å². The molecule has 1 N–H and O–H groups in total. The molecule has 1 aromatic carbocycles. The fourth-order valence-corrected chi connectivity index (χ4v) is 2.18.